The molecule has 0 saturated carbocycles. The molecule has 0 radical (unpaired) electrons. The number of nitrogens with zero attached hydrogens (tertiary/aromatic N) is 6. The molecule has 2 heterocycles. The van der Waals surface area contributed by atoms with Gasteiger partial charge in [0.2, 0.25) is 5.82 Å². The molecule has 0 aliphatic carbocycles. The summed E-state index contributed by atoms with van der Waals surface area (Å²) in [7, 11) is 3.32. The third-order valence-corrected chi connectivity index (χ3v) is 2.29. The van der Waals surface area contributed by atoms with Crippen LogP contribution in [0, 0.1) is 0 Å². The number of ketones is 1. The maximum Gasteiger partial charge on any atom is 0.255 e. The minimum Gasteiger partial charge on any atom is -0.283 e. The van der Waals surface area contributed by atoms with Crippen LogP contribution in [0.3, 0.4) is 0 Å². The number of rotatable bonds is 2. The van der Waals surface area contributed by atoms with Crippen LogP contribution in [0.5, 0.6) is 0 Å². The fourth-order valence-electron chi connectivity index (χ4n) is 1.09. The van der Waals surface area contributed by atoms with Crippen molar-refractivity contribution in [3.05, 3.63) is 22.2 Å². The van der Waals surface area contributed by atoms with Crippen LogP contribution in [0.2, 0.25) is 0 Å². The summed E-state index contributed by atoms with van der Waals surface area (Å²) in [5.74, 6) is -0.313. The lowest BCUT2D eigenvalue weighted by molar-refractivity contribution is 0.102. The predicted octanol–water partition coefficient (Wildman–Crippen LogP) is -0.0629. The molecule has 0 saturated heterocycles. The Morgan fingerprint density at radius 3 is 2.60 bits per heavy atom. The van der Waals surface area contributed by atoms with E-state index >= 15 is 0 Å². The molecule has 0 fully saturated rings. The summed E-state index contributed by atoms with van der Waals surface area (Å²) in [4.78, 5) is 13.0. The molecule has 0 aromatic carbocycles. The van der Waals surface area contributed by atoms with Crippen LogP contribution in [-0.4, -0.2) is 35.8 Å². The molecule has 2 rings (SSSR count). The lowest BCUT2D eigenvalue weighted by atomic mass is 10.3. The number of aryl methyl sites for hydroxylation is 2. The van der Waals surface area contributed by atoms with Gasteiger partial charge >= 0.3 is 0 Å². The van der Waals surface area contributed by atoms with Gasteiger partial charge in [0.1, 0.15) is 0 Å². The third kappa shape index (κ3) is 1.80. The van der Waals surface area contributed by atoms with Gasteiger partial charge in [0, 0.05) is 13.2 Å². The maximum absolute atomic E-state index is 11.8. The van der Waals surface area contributed by atoms with Crippen molar-refractivity contribution in [2.75, 3.05) is 0 Å². The summed E-state index contributed by atoms with van der Waals surface area (Å²) in [6.07, 6.45) is 1.68. The van der Waals surface area contributed by atoms with E-state index in [0.717, 1.165) is 0 Å². The zero-order valence-corrected chi connectivity index (χ0v) is 9.63. The summed E-state index contributed by atoms with van der Waals surface area (Å²) in [5, 5.41) is 15.0. The number of hydrogen-bond acceptors (Lipinski definition) is 5. The Hall–Kier alpha value is -1.57. The van der Waals surface area contributed by atoms with Gasteiger partial charge in [-0.25, -0.2) is 0 Å². The van der Waals surface area contributed by atoms with Gasteiger partial charge in [0.05, 0.1) is 11.5 Å². The van der Waals surface area contributed by atoms with Crippen LogP contribution < -0.4 is 0 Å². The Kier molecular flexibility index (Phi) is 2.35. The number of hydrogen-bond donors (Lipinski definition) is 0. The van der Waals surface area contributed by atoms with Gasteiger partial charge in [0.25, 0.3) is 5.78 Å². The van der Waals surface area contributed by atoms with Gasteiger partial charge in [-0.3, -0.25) is 9.48 Å². The molecule has 78 valence electrons. The molecule has 15 heavy (non-hydrogen) atoms. The summed E-state index contributed by atoms with van der Waals surface area (Å²) >= 11 is 3.23. The van der Waals surface area contributed by atoms with E-state index in [1.54, 1.807) is 20.3 Å². The highest BCUT2D eigenvalue weighted by molar-refractivity contribution is 9.10. The minimum absolute atomic E-state index is 0.0388. The average molecular weight is 271 g/mol. The molecular weight excluding hydrogens is 264 g/mol. The number of carbonyl (C=O) groups is 1. The first kappa shape index (κ1) is 9.97. The molecule has 2 aromatic heterocycles. The lowest BCUT2D eigenvalue weighted by Gasteiger charge is -1.89. The first-order valence-corrected chi connectivity index (χ1v) is 4.85. The average Bonchev–Trinajstić information content (AvgIpc) is 2.71. The van der Waals surface area contributed by atoms with Crippen LogP contribution in [0.1, 0.15) is 16.3 Å². The monoisotopic (exact) mass is 270 g/mol. The third-order valence-electron chi connectivity index (χ3n) is 1.71. The SMILES string of the molecule is Cn1cc(Br)c(C(=O)c2nnn(C)n2)n1. The van der Waals surface area contributed by atoms with Crippen molar-refractivity contribution in [1.82, 2.24) is 30.0 Å². The first-order chi connectivity index (χ1) is 7.08. The molecule has 0 amide bonds. The molecule has 0 aliphatic heterocycles. The molecule has 7 nitrogen and oxygen atoms in total. The van der Waals surface area contributed by atoms with E-state index in [0.29, 0.717) is 4.47 Å². The van der Waals surface area contributed by atoms with Crippen molar-refractivity contribution in [2.45, 2.75) is 0 Å². The molecule has 0 atom stereocenters. The van der Waals surface area contributed by atoms with Crippen LogP contribution in [0.4, 0.5) is 0 Å². The van der Waals surface area contributed by atoms with E-state index in [4.69, 9.17) is 0 Å². The van der Waals surface area contributed by atoms with E-state index in [1.165, 1.54) is 9.48 Å². The Labute approximate surface area is 93.2 Å². The Morgan fingerprint density at radius 2 is 2.13 bits per heavy atom. The number of tetrazole rings is 1. The standard InChI is InChI=1S/C7H7BrN6O/c1-13-3-4(8)5(10-13)6(15)7-9-12-14(2)11-7/h3H,1-2H3. The summed E-state index contributed by atoms with van der Waals surface area (Å²) in [6, 6.07) is 0. The lowest BCUT2D eigenvalue weighted by Crippen LogP contribution is -2.07. The second-order valence-corrected chi connectivity index (χ2v) is 3.79. The molecule has 0 spiro atoms. The molecule has 0 aliphatic rings. The predicted molar refractivity (Wildman–Crippen MR) is 53.1 cm³/mol. The summed E-state index contributed by atoms with van der Waals surface area (Å²) in [5.41, 5.74) is 0.283. The van der Waals surface area contributed by atoms with Crippen molar-refractivity contribution in [1.29, 1.82) is 0 Å². The smallest absolute Gasteiger partial charge is 0.255 e. The van der Waals surface area contributed by atoms with Crippen LogP contribution in [0.15, 0.2) is 10.7 Å². The van der Waals surface area contributed by atoms with E-state index in [1.807, 2.05) is 0 Å². The normalized spacial score (nSPS) is 10.6. The van der Waals surface area contributed by atoms with Crippen LogP contribution in [0.25, 0.3) is 0 Å². The zero-order valence-electron chi connectivity index (χ0n) is 8.05. The molecule has 0 N–H and O–H groups in total. The van der Waals surface area contributed by atoms with Crippen molar-refractivity contribution in [3.63, 3.8) is 0 Å². The van der Waals surface area contributed by atoms with E-state index in [9.17, 15) is 4.79 Å². The van der Waals surface area contributed by atoms with Gasteiger partial charge in [-0.05, 0) is 21.1 Å². The summed E-state index contributed by atoms with van der Waals surface area (Å²) < 4.78 is 2.15. The minimum atomic E-state index is -0.351. The second kappa shape index (κ2) is 3.54. The van der Waals surface area contributed by atoms with E-state index < -0.39 is 0 Å². The van der Waals surface area contributed by atoms with Crippen LogP contribution >= 0.6 is 15.9 Å². The number of carbonyl (C=O) groups excluding carboxylic acids is 1. The topological polar surface area (TPSA) is 78.5 Å². The molecule has 8 heteroatoms. The number of halogens is 1. The van der Waals surface area contributed by atoms with Gasteiger partial charge < -0.3 is 0 Å². The van der Waals surface area contributed by atoms with Crippen LogP contribution in [-0.2, 0) is 14.1 Å². The Bertz CT molecular complexity index is 515. The van der Waals surface area contributed by atoms with Crippen molar-refractivity contribution in [3.8, 4) is 0 Å². The van der Waals surface area contributed by atoms with Gasteiger partial charge in [-0.15, -0.1) is 10.2 Å². The highest BCUT2D eigenvalue weighted by atomic mass is 79.9. The Morgan fingerprint density at radius 1 is 1.40 bits per heavy atom. The summed E-state index contributed by atoms with van der Waals surface area (Å²) in [6.45, 7) is 0. The first-order valence-electron chi connectivity index (χ1n) is 4.06. The second-order valence-electron chi connectivity index (χ2n) is 2.93. The molecular formula is C7H7BrN6O. The van der Waals surface area contributed by atoms with E-state index in [-0.39, 0.29) is 17.3 Å². The van der Waals surface area contributed by atoms with Crippen molar-refractivity contribution < 1.29 is 4.79 Å². The fourth-order valence-corrected chi connectivity index (χ4v) is 1.65. The van der Waals surface area contributed by atoms with Crippen molar-refractivity contribution in [2.24, 2.45) is 14.1 Å². The molecule has 0 bridgehead atoms. The van der Waals surface area contributed by atoms with Crippen molar-refractivity contribution >= 4 is 21.7 Å². The highest BCUT2D eigenvalue weighted by Crippen LogP contribution is 2.16. The highest BCUT2D eigenvalue weighted by Gasteiger charge is 2.20. The quantitative estimate of drug-likeness (QED) is 0.715. The Balaban J connectivity index is 2.40. The molecule has 2 aromatic rings. The van der Waals surface area contributed by atoms with Gasteiger partial charge in [-0.2, -0.15) is 9.90 Å². The zero-order chi connectivity index (χ0) is 11.0. The maximum atomic E-state index is 11.8. The van der Waals surface area contributed by atoms with Gasteiger partial charge in [0.15, 0.2) is 5.69 Å². The van der Waals surface area contributed by atoms with Gasteiger partial charge in [-0.1, -0.05) is 0 Å². The fraction of sp³-hybridized carbons (Fsp3) is 0.286. The largest absolute Gasteiger partial charge is 0.283 e. The molecule has 0 unspecified atom stereocenters. The number of aromatic nitrogens is 6. The van der Waals surface area contributed by atoms with E-state index in [2.05, 4.69) is 36.4 Å².